The summed E-state index contributed by atoms with van der Waals surface area (Å²) in [5.41, 5.74) is 1.04. The Labute approximate surface area is 141 Å². The minimum Gasteiger partial charge on any atom is -0.438 e. The number of H-pyrrole nitrogens is 1. The van der Waals surface area contributed by atoms with Crippen molar-refractivity contribution in [3.8, 4) is 0 Å². The largest absolute Gasteiger partial charge is 0.438 e. The van der Waals surface area contributed by atoms with Gasteiger partial charge in [0.1, 0.15) is 6.04 Å². The molecule has 1 aromatic heterocycles. The average molecular weight is 329 g/mol. The molecule has 0 aliphatic carbocycles. The molecule has 1 atom stereocenters. The highest BCUT2D eigenvalue weighted by molar-refractivity contribution is 5.89. The van der Waals surface area contributed by atoms with Gasteiger partial charge in [-0.25, -0.2) is 9.59 Å². The van der Waals surface area contributed by atoms with Gasteiger partial charge in [0.05, 0.1) is 0 Å². The first-order valence-electron chi connectivity index (χ1n) is 8.17. The summed E-state index contributed by atoms with van der Waals surface area (Å²) < 4.78 is 5.45. The Morgan fingerprint density at radius 1 is 1.38 bits per heavy atom. The summed E-state index contributed by atoms with van der Waals surface area (Å²) >= 11 is 0. The molecule has 0 bridgehead atoms. The highest BCUT2D eigenvalue weighted by Gasteiger charge is 2.50. The number of esters is 1. The second kappa shape index (κ2) is 5.85. The number of cyclic esters (lactones) is 1. The third-order valence-corrected chi connectivity index (χ3v) is 4.23. The Morgan fingerprint density at radius 2 is 2.08 bits per heavy atom. The molecule has 6 heteroatoms. The maximum absolute atomic E-state index is 12.6. The van der Waals surface area contributed by atoms with Crippen LogP contribution in [0.2, 0.25) is 0 Å². The van der Waals surface area contributed by atoms with Crippen molar-refractivity contribution in [3.05, 3.63) is 36.0 Å². The van der Waals surface area contributed by atoms with E-state index in [1.165, 1.54) is 4.90 Å². The normalized spacial score (nSPS) is 19.8. The van der Waals surface area contributed by atoms with E-state index in [2.05, 4.69) is 10.3 Å². The Morgan fingerprint density at radius 3 is 2.79 bits per heavy atom. The van der Waals surface area contributed by atoms with Gasteiger partial charge in [0.25, 0.3) is 0 Å². The lowest BCUT2D eigenvalue weighted by Crippen LogP contribution is -2.54. The van der Waals surface area contributed by atoms with Crippen molar-refractivity contribution < 1.29 is 14.3 Å². The zero-order valence-electron chi connectivity index (χ0n) is 14.4. The van der Waals surface area contributed by atoms with Crippen LogP contribution < -0.4 is 5.32 Å². The number of hydrogen-bond donors (Lipinski definition) is 2. The van der Waals surface area contributed by atoms with E-state index in [0.29, 0.717) is 6.42 Å². The van der Waals surface area contributed by atoms with E-state index in [1.54, 1.807) is 13.8 Å². The van der Waals surface area contributed by atoms with Gasteiger partial charge in [-0.05, 0) is 39.3 Å². The predicted molar refractivity (Wildman–Crippen MR) is 91.5 cm³/mol. The van der Waals surface area contributed by atoms with Crippen molar-refractivity contribution in [2.24, 2.45) is 0 Å². The van der Waals surface area contributed by atoms with E-state index < -0.39 is 11.8 Å². The van der Waals surface area contributed by atoms with Crippen LogP contribution in [0, 0.1) is 0 Å². The van der Waals surface area contributed by atoms with E-state index in [1.807, 2.05) is 44.3 Å². The number of carbonyl (C=O) groups is 2. The number of para-hydroxylation sites is 1. The van der Waals surface area contributed by atoms with Crippen molar-refractivity contribution >= 4 is 22.9 Å². The average Bonchev–Trinajstić information content (AvgIpc) is 2.97. The molecule has 2 heterocycles. The number of nitrogens with zero attached hydrogens (tertiary/aromatic N) is 1. The summed E-state index contributed by atoms with van der Waals surface area (Å²) in [7, 11) is 0. The molecule has 1 aliphatic rings. The van der Waals surface area contributed by atoms with E-state index in [-0.39, 0.29) is 18.0 Å². The van der Waals surface area contributed by atoms with Gasteiger partial charge >= 0.3 is 12.0 Å². The molecule has 2 aromatic rings. The van der Waals surface area contributed by atoms with E-state index in [9.17, 15) is 9.59 Å². The Hall–Kier alpha value is -2.50. The third-order valence-electron chi connectivity index (χ3n) is 4.23. The molecule has 24 heavy (non-hydrogen) atoms. The monoisotopic (exact) mass is 329 g/mol. The molecule has 6 nitrogen and oxygen atoms in total. The van der Waals surface area contributed by atoms with Crippen LogP contribution in [0.4, 0.5) is 4.79 Å². The van der Waals surface area contributed by atoms with Crippen LogP contribution in [0.15, 0.2) is 30.5 Å². The van der Waals surface area contributed by atoms with Gasteiger partial charge in [-0.15, -0.1) is 0 Å². The lowest BCUT2D eigenvalue weighted by molar-refractivity contribution is -0.148. The number of aromatic amines is 1. The number of benzene rings is 1. The van der Waals surface area contributed by atoms with Crippen LogP contribution in [0.3, 0.4) is 0 Å². The molecule has 1 aromatic carbocycles. The number of amides is 2. The second-order valence-corrected chi connectivity index (χ2v) is 6.92. The molecule has 0 radical (unpaired) electrons. The van der Waals surface area contributed by atoms with Gasteiger partial charge < -0.3 is 15.0 Å². The van der Waals surface area contributed by atoms with Gasteiger partial charge in [-0.3, -0.25) is 4.90 Å². The first kappa shape index (κ1) is 16.4. The highest BCUT2D eigenvalue weighted by Crippen LogP contribution is 2.31. The topological polar surface area (TPSA) is 74.4 Å². The first-order chi connectivity index (χ1) is 11.3. The molecule has 0 spiro atoms. The lowest BCUT2D eigenvalue weighted by atomic mass is 10.0. The standard InChI is InChI=1S/C18H23N3O3/c1-11(2)20-17(23)21-15(16(22)24-18(21,3)4)9-12-10-19-14-8-6-5-7-13(12)14/h5-8,10-11,15,19H,9H2,1-4H3,(H,20,23)/t15-/m0/s1. The number of hydrogen-bond acceptors (Lipinski definition) is 3. The van der Waals surface area contributed by atoms with Crippen LogP contribution in [0.25, 0.3) is 10.9 Å². The second-order valence-electron chi connectivity index (χ2n) is 6.92. The fourth-order valence-corrected chi connectivity index (χ4v) is 3.23. The van der Waals surface area contributed by atoms with Gasteiger partial charge in [-0.2, -0.15) is 0 Å². The molecule has 1 saturated heterocycles. The summed E-state index contributed by atoms with van der Waals surface area (Å²) in [5.74, 6) is -0.371. The van der Waals surface area contributed by atoms with Crippen molar-refractivity contribution in [1.82, 2.24) is 15.2 Å². The zero-order valence-corrected chi connectivity index (χ0v) is 14.4. The van der Waals surface area contributed by atoms with Crippen LogP contribution in [-0.2, 0) is 16.0 Å². The number of urea groups is 1. The number of nitrogens with one attached hydrogen (secondary N) is 2. The molecule has 0 saturated carbocycles. The Kier molecular flexibility index (Phi) is 3.99. The maximum atomic E-state index is 12.6. The third kappa shape index (κ3) is 2.84. The molecule has 1 fully saturated rings. The molecule has 3 rings (SSSR count). The van der Waals surface area contributed by atoms with Crippen molar-refractivity contribution in [1.29, 1.82) is 0 Å². The van der Waals surface area contributed by atoms with E-state index in [4.69, 9.17) is 4.74 Å². The highest BCUT2D eigenvalue weighted by atomic mass is 16.6. The number of carbonyl (C=O) groups excluding carboxylic acids is 2. The van der Waals surface area contributed by atoms with E-state index in [0.717, 1.165) is 16.5 Å². The predicted octanol–water partition coefficient (Wildman–Crippen LogP) is 2.79. The summed E-state index contributed by atoms with van der Waals surface area (Å²) in [6.07, 6.45) is 2.31. The van der Waals surface area contributed by atoms with Gasteiger partial charge in [0, 0.05) is 29.6 Å². The van der Waals surface area contributed by atoms with Crippen LogP contribution in [-0.4, -0.2) is 39.7 Å². The zero-order chi connectivity index (χ0) is 17.5. The summed E-state index contributed by atoms with van der Waals surface area (Å²) in [6.45, 7) is 7.25. The fourth-order valence-electron chi connectivity index (χ4n) is 3.23. The minimum atomic E-state index is -0.965. The number of rotatable bonds is 3. The fraction of sp³-hybridized carbons (Fsp3) is 0.444. The van der Waals surface area contributed by atoms with Gasteiger partial charge in [0.2, 0.25) is 0 Å². The molecule has 2 amide bonds. The Bertz CT molecular complexity index is 779. The van der Waals surface area contributed by atoms with Crippen LogP contribution in [0.5, 0.6) is 0 Å². The van der Waals surface area contributed by atoms with Crippen LogP contribution >= 0.6 is 0 Å². The Balaban J connectivity index is 1.92. The smallest absolute Gasteiger partial charge is 0.331 e. The summed E-state index contributed by atoms with van der Waals surface area (Å²) in [5, 5.41) is 3.91. The summed E-state index contributed by atoms with van der Waals surface area (Å²) in [4.78, 5) is 29.7. The number of aromatic nitrogens is 1. The molecular formula is C18H23N3O3. The van der Waals surface area contributed by atoms with Gasteiger partial charge in [-0.1, -0.05) is 18.2 Å². The summed E-state index contributed by atoms with van der Waals surface area (Å²) in [6, 6.07) is 6.96. The van der Waals surface area contributed by atoms with Crippen LogP contribution in [0.1, 0.15) is 33.3 Å². The van der Waals surface area contributed by atoms with Gasteiger partial charge in [0.15, 0.2) is 5.72 Å². The molecule has 128 valence electrons. The molecular weight excluding hydrogens is 306 g/mol. The van der Waals surface area contributed by atoms with Crippen molar-refractivity contribution in [2.45, 2.75) is 51.9 Å². The quantitative estimate of drug-likeness (QED) is 0.850. The lowest BCUT2D eigenvalue weighted by Gasteiger charge is -2.32. The SMILES string of the molecule is CC(C)NC(=O)N1[C@@H](Cc2c[nH]c3ccccc23)C(=O)OC1(C)C. The van der Waals surface area contributed by atoms with E-state index >= 15 is 0 Å². The molecule has 2 N–H and O–H groups in total. The number of fused-ring (bicyclic) bond motifs is 1. The molecule has 1 aliphatic heterocycles. The minimum absolute atomic E-state index is 0.0160. The first-order valence-corrected chi connectivity index (χ1v) is 8.17. The van der Waals surface area contributed by atoms with Crippen molar-refractivity contribution in [3.63, 3.8) is 0 Å². The number of ether oxygens (including phenoxy) is 1. The van der Waals surface area contributed by atoms with Crippen molar-refractivity contribution in [2.75, 3.05) is 0 Å². The molecule has 0 unspecified atom stereocenters. The maximum Gasteiger partial charge on any atom is 0.331 e.